The summed E-state index contributed by atoms with van der Waals surface area (Å²) in [6.07, 6.45) is 4.15. The van der Waals surface area contributed by atoms with Gasteiger partial charge in [0.2, 0.25) is 5.91 Å². The SMILES string of the molecule is O=C(Cc1ccc2c(c1)CCO2)NCCCSc1nccs1. The Morgan fingerprint density at radius 1 is 1.45 bits per heavy atom. The molecule has 1 aromatic carbocycles. The number of thiazole rings is 1. The minimum absolute atomic E-state index is 0.0816. The number of rotatable bonds is 7. The maximum absolute atomic E-state index is 11.9. The molecule has 0 unspecified atom stereocenters. The highest BCUT2D eigenvalue weighted by molar-refractivity contribution is 8.00. The van der Waals surface area contributed by atoms with E-state index in [0.29, 0.717) is 13.0 Å². The van der Waals surface area contributed by atoms with Gasteiger partial charge in [0.1, 0.15) is 10.1 Å². The molecule has 1 N–H and O–H groups in total. The van der Waals surface area contributed by atoms with Gasteiger partial charge in [0.25, 0.3) is 0 Å². The zero-order valence-electron chi connectivity index (χ0n) is 12.2. The third kappa shape index (κ3) is 4.24. The summed E-state index contributed by atoms with van der Waals surface area (Å²) < 4.78 is 6.56. The van der Waals surface area contributed by atoms with Crippen LogP contribution in [0.15, 0.2) is 34.1 Å². The molecule has 0 fully saturated rings. The van der Waals surface area contributed by atoms with Crippen molar-refractivity contribution in [1.82, 2.24) is 10.3 Å². The molecular formula is C16H18N2O2S2. The molecule has 0 bridgehead atoms. The molecule has 1 aromatic heterocycles. The highest BCUT2D eigenvalue weighted by Gasteiger charge is 2.13. The minimum Gasteiger partial charge on any atom is -0.493 e. The van der Waals surface area contributed by atoms with Gasteiger partial charge in [-0.05, 0) is 23.6 Å². The van der Waals surface area contributed by atoms with Crippen molar-refractivity contribution < 1.29 is 9.53 Å². The van der Waals surface area contributed by atoms with Gasteiger partial charge < -0.3 is 10.1 Å². The Labute approximate surface area is 138 Å². The van der Waals surface area contributed by atoms with Crippen LogP contribution in [-0.2, 0) is 17.6 Å². The van der Waals surface area contributed by atoms with Gasteiger partial charge in [-0.25, -0.2) is 4.98 Å². The van der Waals surface area contributed by atoms with Crippen molar-refractivity contribution in [2.24, 2.45) is 0 Å². The van der Waals surface area contributed by atoms with Crippen LogP contribution in [0.1, 0.15) is 17.5 Å². The lowest BCUT2D eigenvalue weighted by molar-refractivity contribution is -0.120. The maximum atomic E-state index is 11.9. The van der Waals surface area contributed by atoms with E-state index in [4.69, 9.17) is 4.74 Å². The number of aromatic nitrogens is 1. The number of amides is 1. The average molecular weight is 334 g/mol. The molecule has 0 atom stereocenters. The zero-order valence-corrected chi connectivity index (χ0v) is 13.8. The standard InChI is InChI=1S/C16H18N2O2S2/c19-15(17-5-1-8-21-16-18-6-9-22-16)11-12-2-3-14-13(10-12)4-7-20-14/h2-3,6,9-10H,1,4-5,7-8,11H2,(H,17,19). The highest BCUT2D eigenvalue weighted by Crippen LogP contribution is 2.26. The first-order valence-electron chi connectivity index (χ1n) is 7.35. The molecule has 0 aliphatic carbocycles. The Morgan fingerprint density at radius 3 is 3.27 bits per heavy atom. The quantitative estimate of drug-likeness (QED) is 0.625. The number of nitrogens with one attached hydrogen (secondary N) is 1. The van der Waals surface area contributed by atoms with Crippen molar-refractivity contribution in [3.05, 3.63) is 40.9 Å². The van der Waals surface area contributed by atoms with Crippen LogP contribution in [0.4, 0.5) is 0 Å². The highest BCUT2D eigenvalue weighted by atomic mass is 32.2. The number of hydrogen-bond donors (Lipinski definition) is 1. The molecule has 22 heavy (non-hydrogen) atoms. The predicted molar refractivity (Wildman–Crippen MR) is 89.8 cm³/mol. The summed E-state index contributed by atoms with van der Waals surface area (Å²) in [7, 11) is 0. The van der Waals surface area contributed by atoms with Gasteiger partial charge in [-0.15, -0.1) is 11.3 Å². The molecule has 2 heterocycles. The van der Waals surface area contributed by atoms with Crippen molar-refractivity contribution in [3.8, 4) is 5.75 Å². The van der Waals surface area contributed by atoms with Crippen molar-refractivity contribution in [1.29, 1.82) is 0 Å². The van der Waals surface area contributed by atoms with Crippen LogP contribution in [0.25, 0.3) is 0 Å². The lowest BCUT2D eigenvalue weighted by Gasteiger charge is -2.06. The smallest absolute Gasteiger partial charge is 0.224 e. The van der Waals surface area contributed by atoms with Gasteiger partial charge in [0, 0.05) is 30.3 Å². The molecule has 3 rings (SSSR count). The summed E-state index contributed by atoms with van der Waals surface area (Å²) >= 11 is 3.39. The van der Waals surface area contributed by atoms with Gasteiger partial charge >= 0.3 is 0 Å². The molecule has 0 saturated carbocycles. The van der Waals surface area contributed by atoms with Crippen molar-refractivity contribution >= 4 is 29.0 Å². The number of ether oxygens (including phenoxy) is 1. The van der Waals surface area contributed by atoms with E-state index < -0.39 is 0 Å². The first kappa shape index (κ1) is 15.4. The molecule has 0 saturated heterocycles. The maximum Gasteiger partial charge on any atom is 0.224 e. The van der Waals surface area contributed by atoms with Crippen LogP contribution < -0.4 is 10.1 Å². The summed E-state index contributed by atoms with van der Waals surface area (Å²) in [5, 5.41) is 4.96. The minimum atomic E-state index is 0.0816. The fourth-order valence-electron chi connectivity index (χ4n) is 2.34. The van der Waals surface area contributed by atoms with E-state index in [0.717, 1.165) is 40.9 Å². The number of benzene rings is 1. The van der Waals surface area contributed by atoms with Crippen LogP contribution in [0.3, 0.4) is 0 Å². The monoisotopic (exact) mass is 334 g/mol. The summed E-state index contributed by atoms with van der Waals surface area (Å²) in [4.78, 5) is 16.2. The summed E-state index contributed by atoms with van der Waals surface area (Å²) in [6, 6.07) is 6.03. The lowest BCUT2D eigenvalue weighted by atomic mass is 10.1. The Hall–Kier alpha value is -1.53. The Bertz CT molecular complexity index is 629. The molecule has 116 valence electrons. The lowest BCUT2D eigenvalue weighted by Crippen LogP contribution is -2.26. The molecule has 2 aromatic rings. The second-order valence-corrected chi connectivity index (χ2v) is 7.30. The van der Waals surface area contributed by atoms with E-state index in [1.165, 1.54) is 5.56 Å². The first-order valence-corrected chi connectivity index (χ1v) is 9.21. The molecule has 0 spiro atoms. The second kappa shape index (κ2) is 7.65. The zero-order chi connectivity index (χ0) is 15.2. The second-order valence-electron chi connectivity index (χ2n) is 5.07. The number of thioether (sulfide) groups is 1. The van der Waals surface area contributed by atoms with E-state index in [-0.39, 0.29) is 5.91 Å². The Morgan fingerprint density at radius 2 is 2.41 bits per heavy atom. The molecule has 0 radical (unpaired) electrons. The topological polar surface area (TPSA) is 51.2 Å². The van der Waals surface area contributed by atoms with Gasteiger partial charge in [-0.3, -0.25) is 4.79 Å². The van der Waals surface area contributed by atoms with Gasteiger partial charge in [0.05, 0.1) is 13.0 Å². The normalized spacial score (nSPS) is 12.7. The number of hydrogen-bond acceptors (Lipinski definition) is 5. The van der Waals surface area contributed by atoms with Crippen LogP contribution >= 0.6 is 23.1 Å². The Balaban J connectivity index is 1.35. The fourth-order valence-corrected chi connectivity index (χ4v) is 3.99. The van der Waals surface area contributed by atoms with Gasteiger partial charge in [-0.2, -0.15) is 0 Å². The van der Waals surface area contributed by atoms with Crippen molar-refractivity contribution in [2.45, 2.75) is 23.6 Å². The summed E-state index contributed by atoms with van der Waals surface area (Å²) in [6.45, 7) is 1.47. The van der Waals surface area contributed by atoms with Crippen LogP contribution in [-0.4, -0.2) is 29.8 Å². The number of nitrogens with zero attached hydrogens (tertiary/aromatic N) is 1. The van der Waals surface area contributed by atoms with E-state index in [1.54, 1.807) is 23.1 Å². The number of carbonyl (C=O) groups is 1. The van der Waals surface area contributed by atoms with E-state index in [1.807, 2.05) is 23.7 Å². The predicted octanol–water partition coefficient (Wildman–Crippen LogP) is 2.92. The Kier molecular flexibility index (Phi) is 5.34. The van der Waals surface area contributed by atoms with E-state index in [9.17, 15) is 4.79 Å². The fraction of sp³-hybridized carbons (Fsp3) is 0.375. The van der Waals surface area contributed by atoms with E-state index in [2.05, 4.69) is 16.4 Å². The molecule has 6 heteroatoms. The molecular weight excluding hydrogens is 316 g/mol. The van der Waals surface area contributed by atoms with Crippen LogP contribution in [0.2, 0.25) is 0 Å². The first-order chi connectivity index (χ1) is 10.8. The van der Waals surface area contributed by atoms with E-state index >= 15 is 0 Å². The van der Waals surface area contributed by atoms with Gasteiger partial charge in [0.15, 0.2) is 0 Å². The van der Waals surface area contributed by atoms with Crippen molar-refractivity contribution in [3.63, 3.8) is 0 Å². The van der Waals surface area contributed by atoms with Crippen LogP contribution in [0, 0.1) is 0 Å². The molecule has 4 nitrogen and oxygen atoms in total. The third-order valence-electron chi connectivity index (χ3n) is 3.40. The molecule has 1 amide bonds. The average Bonchev–Trinajstić information content (AvgIpc) is 3.17. The third-order valence-corrected chi connectivity index (χ3v) is 5.45. The summed E-state index contributed by atoms with van der Waals surface area (Å²) in [5.74, 6) is 2.02. The largest absolute Gasteiger partial charge is 0.493 e. The van der Waals surface area contributed by atoms with Crippen LogP contribution in [0.5, 0.6) is 5.75 Å². The summed E-state index contributed by atoms with van der Waals surface area (Å²) in [5.41, 5.74) is 2.27. The number of fused-ring (bicyclic) bond motifs is 1. The molecule has 1 aliphatic rings. The van der Waals surface area contributed by atoms with Crippen molar-refractivity contribution in [2.75, 3.05) is 18.9 Å². The molecule has 1 aliphatic heterocycles. The van der Waals surface area contributed by atoms with Gasteiger partial charge in [-0.1, -0.05) is 23.9 Å². The number of carbonyl (C=O) groups excluding carboxylic acids is 1.